The zero-order valence-electron chi connectivity index (χ0n) is 16.1. The summed E-state index contributed by atoms with van der Waals surface area (Å²) in [6.07, 6.45) is 16.9. The molecule has 1 aromatic rings. The molecule has 5 nitrogen and oxygen atoms in total. The van der Waals surface area contributed by atoms with Crippen LogP contribution < -0.4 is 5.73 Å². The molecule has 1 aromatic heterocycles. The van der Waals surface area contributed by atoms with Crippen LogP contribution in [0, 0.1) is 19.8 Å². The van der Waals surface area contributed by atoms with Crippen molar-refractivity contribution in [2.24, 2.45) is 4.99 Å². The molecular formula is C19H34N4O. The summed E-state index contributed by atoms with van der Waals surface area (Å²) in [7, 11) is 0. The second kappa shape index (κ2) is 15.9. The Labute approximate surface area is 148 Å². The molecule has 2 heterocycles. The molecule has 0 saturated carbocycles. The third kappa shape index (κ3) is 9.96. The number of hydrogen-bond donors (Lipinski definition) is 1. The first kappa shape index (κ1) is 24.3. The lowest BCUT2D eigenvalue weighted by Gasteiger charge is -2.05. The van der Waals surface area contributed by atoms with E-state index in [4.69, 9.17) is 10.5 Å². The van der Waals surface area contributed by atoms with Gasteiger partial charge in [0, 0.05) is 6.21 Å². The number of terminal acetylenes is 1. The topological polar surface area (TPSA) is 73.4 Å². The van der Waals surface area contributed by atoms with E-state index in [9.17, 15) is 0 Å². The second-order valence-electron chi connectivity index (χ2n) is 4.97. The number of ether oxygens (including phenoxy) is 1. The van der Waals surface area contributed by atoms with Crippen molar-refractivity contribution in [1.82, 2.24) is 9.97 Å². The minimum absolute atomic E-state index is 0.437. The molecule has 2 rings (SSSR count). The van der Waals surface area contributed by atoms with Crippen molar-refractivity contribution in [1.29, 1.82) is 0 Å². The highest BCUT2D eigenvalue weighted by Crippen LogP contribution is 2.21. The van der Waals surface area contributed by atoms with Gasteiger partial charge in [0.05, 0.1) is 17.9 Å². The van der Waals surface area contributed by atoms with Crippen molar-refractivity contribution in [3.8, 4) is 12.8 Å². The Morgan fingerprint density at radius 3 is 2.29 bits per heavy atom. The van der Waals surface area contributed by atoms with Crippen LogP contribution in [0.25, 0.3) is 0 Å². The van der Waals surface area contributed by atoms with Crippen LogP contribution in [-0.4, -0.2) is 28.4 Å². The second-order valence-corrected chi connectivity index (χ2v) is 4.97. The zero-order valence-corrected chi connectivity index (χ0v) is 16.1. The molecule has 2 atom stereocenters. The van der Waals surface area contributed by atoms with Gasteiger partial charge < -0.3 is 10.5 Å². The third-order valence-electron chi connectivity index (χ3n) is 3.21. The van der Waals surface area contributed by atoms with E-state index in [2.05, 4.69) is 41.7 Å². The highest BCUT2D eigenvalue weighted by Gasteiger charge is 2.18. The van der Waals surface area contributed by atoms with Crippen LogP contribution in [0.2, 0.25) is 0 Å². The SMILES string of the molecule is C#C.CC.CCC=Nc1c(C)ncnc1N.CC[C@@H]1CC[C@H](C)O1. The number of anilines is 1. The lowest BCUT2D eigenvalue weighted by Crippen LogP contribution is -2.05. The van der Waals surface area contributed by atoms with Gasteiger partial charge in [0.2, 0.25) is 0 Å². The zero-order chi connectivity index (χ0) is 19.0. The van der Waals surface area contributed by atoms with Crippen LogP contribution in [0.15, 0.2) is 11.3 Å². The summed E-state index contributed by atoms with van der Waals surface area (Å²) in [6, 6.07) is 0. The number of nitrogens with zero attached hydrogens (tertiary/aromatic N) is 3. The normalized spacial score (nSPS) is 18.5. The minimum atomic E-state index is 0.437. The molecule has 0 aromatic carbocycles. The maximum atomic E-state index is 5.60. The van der Waals surface area contributed by atoms with Crippen molar-refractivity contribution in [3.63, 3.8) is 0 Å². The maximum absolute atomic E-state index is 5.60. The van der Waals surface area contributed by atoms with Crippen molar-refractivity contribution in [2.45, 2.75) is 79.4 Å². The molecule has 5 heteroatoms. The van der Waals surface area contributed by atoms with E-state index in [1.54, 1.807) is 6.21 Å². The molecule has 0 radical (unpaired) electrons. The van der Waals surface area contributed by atoms with Gasteiger partial charge in [-0.25, -0.2) is 9.97 Å². The Hall–Kier alpha value is -1.93. The Bertz CT molecular complexity index is 451. The number of hydrogen-bond acceptors (Lipinski definition) is 5. The van der Waals surface area contributed by atoms with Crippen molar-refractivity contribution >= 4 is 17.7 Å². The Morgan fingerprint density at radius 2 is 1.92 bits per heavy atom. The smallest absolute Gasteiger partial charge is 0.153 e. The van der Waals surface area contributed by atoms with E-state index in [0.717, 1.165) is 12.1 Å². The van der Waals surface area contributed by atoms with E-state index in [1.165, 1.54) is 25.6 Å². The summed E-state index contributed by atoms with van der Waals surface area (Å²) in [5.41, 5.74) is 7.09. The molecule has 1 aliphatic rings. The van der Waals surface area contributed by atoms with Crippen LogP contribution in [0.1, 0.15) is 66.0 Å². The van der Waals surface area contributed by atoms with Gasteiger partial charge in [-0.15, -0.1) is 12.8 Å². The summed E-state index contributed by atoms with van der Waals surface area (Å²) in [6.45, 7) is 12.2. The van der Waals surface area contributed by atoms with Gasteiger partial charge in [0.1, 0.15) is 12.0 Å². The number of aryl methyl sites for hydroxylation is 1. The molecule has 1 aliphatic heterocycles. The van der Waals surface area contributed by atoms with E-state index in [0.29, 0.717) is 23.7 Å². The van der Waals surface area contributed by atoms with Gasteiger partial charge in [0.15, 0.2) is 5.82 Å². The highest BCUT2D eigenvalue weighted by atomic mass is 16.5. The maximum Gasteiger partial charge on any atom is 0.153 e. The first-order chi connectivity index (χ1) is 11.6. The monoisotopic (exact) mass is 334 g/mol. The molecule has 0 amide bonds. The quantitative estimate of drug-likeness (QED) is 0.641. The fraction of sp³-hybridized carbons (Fsp3) is 0.632. The lowest BCUT2D eigenvalue weighted by atomic mass is 10.2. The van der Waals surface area contributed by atoms with Gasteiger partial charge in [-0.3, -0.25) is 4.99 Å². The summed E-state index contributed by atoms with van der Waals surface area (Å²) in [5.74, 6) is 0.437. The van der Waals surface area contributed by atoms with Crippen LogP contribution in [0.3, 0.4) is 0 Å². The Balaban J connectivity index is 0. The molecule has 136 valence electrons. The Morgan fingerprint density at radius 1 is 1.29 bits per heavy atom. The average Bonchev–Trinajstić information content (AvgIpc) is 3.04. The van der Waals surface area contributed by atoms with Crippen LogP contribution in [0.4, 0.5) is 11.5 Å². The van der Waals surface area contributed by atoms with Crippen LogP contribution in [0.5, 0.6) is 0 Å². The summed E-state index contributed by atoms with van der Waals surface area (Å²) >= 11 is 0. The minimum Gasteiger partial charge on any atom is -0.382 e. The van der Waals surface area contributed by atoms with E-state index >= 15 is 0 Å². The molecule has 0 spiro atoms. The Kier molecular flexibility index (Phi) is 16.2. The summed E-state index contributed by atoms with van der Waals surface area (Å²) in [5, 5.41) is 0. The standard InChI is InChI=1S/C8H12N4.C7H14O.C2H6.C2H2/c1-3-4-10-7-6(2)11-5-12-8(7)9;1-3-7-5-4-6(2)8-7;2*1-2/h4-5H,3H2,1-2H3,(H2,9,11,12);6-7H,3-5H2,1-2H3;1-2H3;1-2H/t;6-,7+;;/m.0../s1. The lowest BCUT2D eigenvalue weighted by molar-refractivity contribution is 0.0540. The van der Waals surface area contributed by atoms with Gasteiger partial charge in [-0.1, -0.05) is 27.7 Å². The van der Waals surface area contributed by atoms with Crippen molar-refractivity contribution < 1.29 is 4.74 Å². The van der Waals surface area contributed by atoms with E-state index < -0.39 is 0 Å². The number of aliphatic imine (C=N–C) groups is 1. The van der Waals surface area contributed by atoms with Gasteiger partial charge in [-0.2, -0.15) is 0 Å². The molecule has 0 aliphatic carbocycles. The fourth-order valence-corrected chi connectivity index (χ4v) is 2.01. The predicted molar refractivity (Wildman–Crippen MR) is 105 cm³/mol. The van der Waals surface area contributed by atoms with E-state index in [-0.39, 0.29) is 0 Å². The van der Waals surface area contributed by atoms with Crippen LogP contribution in [-0.2, 0) is 4.74 Å². The number of nitrogen functional groups attached to an aromatic ring is 1. The van der Waals surface area contributed by atoms with Gasteiger partial charge in [0.25, 0.3) is 0 Å². The number of aromatic nitrogens is 2. The highest BCUT2D eigenvalue weighted by molar-refractivity contribution is 5.69. The predicted octanol–water partition coefficient (Wildman–Crippen LogP) is 4.72. The average molecular weight is 335 g/mol. The molecule has 2 N–H and O–H groups in total. The van der Waals surface area contributed by atoms with Gasteiger partial charge in [-0.05, 0) is 39.5 Å². The molecular weight excluding hydrogens is 300 g/mol. The number of rotatable bonds is 3. The first-order valence-electron chi connectivity index (χ1n) is 8.66. The fourth-order valence-electron chi connectivity index (χ4n) is 2.01. The third-order valence-corrected chi connectivity index (χ3v) is 3.21. The molecule has 0 unspecified atom stereocenters. The summed E-state index contributed by atoms with van der Waals surface area (Å²) in [4.78, 5) is 12.0. The number of nitrogens with two attached hydrogens (primary N) is 1. The molecule has 24 heavy (non-hydrogen) atoms. The largest absolute Gasteiger partial charge is 0.382 e. The molecule has 0 bridgehead atoms. The van der Waals surface area contributed by atoms with Crippen LogP contribution >= 0.6 is 0 Å². The first-order valence-corrected chi connectivity index (χ1v) is 8.66. The molecule has 1 saturated heterocycles. The van der Waals surface area contributed by atoms with E-state index in [1.807, 2.05) is 27.7 Å². The van der Waals surface area contributed by atoms with Crippen molar-refractivity contribution in [3.05, 3.63) is 12.0 Å². The van der Waals surface area contributed by atoms with Crippen molar-refractivity contribution in [2.75, 3.05) is 5.73 Å². The summed E-state index contributed by atoms with van der Waals surface area (Å²) < 4.78 is 5.51. The molecule has 1 fully saturated rings. The van der Waals surface area contributed by atoms with Gasteiger partial charge >= 0.3 is 0 Å².